The van der Waals surface area contributed by atoms with Crippen LogP contribution in [0.25, 0.3) is 11.3 Å². The van der Waals surface area contributed by atoms with Crippen molar-refractivity contribution in [3.63, 3.8) is 0 Å². The molecule has 1 amide bonds. The number of phenolic OH excluding ortho intramolecular Hbond substituents is 2. The van der Waals surface area contributed by atoms with Crippen molar-refractivity contribution in [1.29, 1.82) is 0 Å². The fourth-order valence-corrected chi connectivity index (χ4v) is 5.49. The summed E-state index contributed by atoms with van der Waals surface area (Å²) < 4.78 is 11.4. The van der Waals surface area contributed by atoms with E-state index in [1.54, 1.807) is 12.1 Å². The standard InChI is InChI=1S/C29H37N5O5/c1-33(2)20-7-9-23(10-8-20)38-26-16-22(35)15-25(36)28(26)27-17-24(32-39-27)29(37)31-19-11-13-34(14-12-19)21-5-3-18(30)4-6-21/h7-10,15-19,21,35-36H,3-6,11-14,30H2,1-2H3,(H,31,37). The van der Waals surface area contributed by atoms with Crippen LogP contribution in [0.4, 0.5) is 5.69 Å². The second-order valence-electron chi connectivity index (χ2n) is 10.8. The molecule has 1 saturated heterocycles. The van der Waals surface area contributed by atoms with Gasteiger partial charge in [0.1, 0.15) is 28.6 Å². The number of carbonyl (C=O) groups is 1. The van der Waals surface area contributed by atoms with Gasteiger partial charge in [0, 0.05) is 69.2 Å². The monoisotopic (exact) mass is 535 g/mol. The van der Waals surface area contributed by atoms with Gasteiger partial charge in [-0.1, -0.05) is 5.16 Å². The highest BCUT2D eigenvalue weighted by Gasteiger charge is 2.29. The lowest BCUT2D eigenvalue weighted by molar-refractivity contribution is 0.0850. The Morgan fingerprint density at radius 3 is 2.41 bits per heavy atom. The van der Waals surface area contributed by atoms with E-state index in [0.717, 1.165) is 57.3 Å². The van der Waals surface area contributed by atoms with Gasteiger partial charge in [-0.3, -0.25) is 4.79 Å². The molecule has 0 spiro atoms. The molecular weight excluding hydrogens is 498 g/mol. The topological polar surface area (TPSA) is 137 Å². The first-order valence-corrected chi connectivity index (χ1v) is 13.6. The zero-order valence-electron chi connectivity index (χ0n) is 22.5. The van der Waals surface area contributed by atoms with E-state index in [9.17, 15) is 15.0 Å². The summed E-state index contributed by atoms with van der Waals surface area (Å²) in [7, 11) is 3.88. The Labute approximate surface area is 228 Å². The fraction of sp³-hybridized carbons (Fsp3) is 0.448. The first-order valence-electron chi connectivity index (χ1n) is 13.6. The van der Waals surface area contributed by atoms with Gasteiger partial charge < -0.3 is 40.3 Å². The zero-order valence-corrected chi connectivity index (χ0v) is 22.5. The summed E-state index contributed by atoms with van der Waals surface area (Å²) in [6.45, 7) is 1.90. The molecule has 2 fully saturated rings. The summed E-state index contributed by atoms with van der Waals surface area (Å²) in [6.07, 6.45) is 6.22. The largest absolute Gasteiger partial charge is 0.508 e. The predicted molar refractivity (Wildman–Crippen MR) is 148 cm³/mol. The lowest BCUT2D eigenvalue weighted by atomic mass is 9.89. The van der Waals surface area contributed by atoms with Crippen LogP contribution in [0.1, 0.15) is 49.0 Å². The third kappa shape index (κ3) is 6.29. The van der Waals surface area contributed by atoms with Crippen LogP contribution in [0, 0.1) is 0 Å². The molecule has 2 heterocycles. The van der Waals surface area contributed by atoms with Crippen LogP contribution < -0.4 is 20.7 Å². The molecule has 1 saturated carbocycles. The number of aromatic nitrogens is 1. The number of hydrogen-bond acceptors (Lipinski definition) is 9. The fourth-order valence-electron chi connectivity index (χ4n) is 5.49. The van der Waals surface area contributed by atoms with Crippen molar-refractivity contribution in [2.75, 3.05) is 32.1 Å². The Hall–Kier alpha value is -3.76. The molecule has 1 aromatic heterocycles. The Morgan fingerprint density at radius 1 is 1.05 bits per heavy atom. The summed E-state index contributed by atoms with van der Waals surface area (Å²) in [6, 6.07) is 12.4. The minimum Gasteiger partial charge on any atom is -0.508 e. The second kappa shape index (κ2) is 11.5. The number of ether oxygens (including phenoxy) is 1. The molecule has 0 bridgehead atoms. The number of hydrogen-bond donors (Lipinski definition) is 4. The lowest BCUT2D eigenvalue weighted by Crippen LogP contribution is -2.49. The van der Waals surface area contributed by atoms with Crippen LogP contribution in [0.5, 0.6) is 23.0 Å². The lowest BCUT2D eigenvalue weighted by Gasteiger charge is -2.40. The Kier molecular flexibility index (Phi) is 7.94. The van der Waals surface area contributed by atoms with Crippen molar-refractivity contribution < 1.29 is 24.3 Å². The van der Waals surface area contributed by atoms with Gasteiger partial charge in [0.05, 0.1) is 0 Å². The SMILES string of the molecule is CN(C)c1ccc(Oc2cc(O)cc(O)c2-c2cc(C(=O)NC3CCN(C4CCC(N)CC4)CC3)no2)cc1. The molecule has 2 aromatic carbocycles. The van der Waals surface area contributed by atoms with Gasteiger partial charge in [0.25, 0.3) is 5.91 Å². The summed E-state index contributed by atoms with van der Waals surface area (Å²) >= 11 is 0. The summed E-state index contributed by atoms with van der Waals surface area (Å²) in [4.78, 5) is 17.5. The predicted octanol–water partition coefficient (Wildman–Crippen LogP) is 4.08. The van der Waals surface area contributed by atoms with E-state index in [0.29, 0.717) is 17.8 Å². The maximum atomic E-state index is 13.0. The van der Waals surface area contributed by atoms with Crippen molar-refractivity contribution in [2.45, 2.75) is 56.7 Å². The number of nitrogens with zero attached hydrogens (tertiary/aromatic N) is 3. The number of anilines is 1. The molecule has 208 valence electrons. The Bertz CT molecular complexity index is 1280. The average Bonchev–Trinajstić information content (AvgIpc) is 3.39. The molecule has 5 rings (SSSR count). The molecule has 5 N–H and O–H groups in total. The van der Waals surface area contributed by atoms with Crippen LogP contribution in [0.2, 0.25) is 0 Å². The van der Waals surface area contributed by atoms with Gasteiger partial charge >= 0.3 is 0 Å². The van der Waals surface area contributed by atoms with Crippen LogP contribution >= 0.6 is 0 Å². The van der Waals surface area contributed by atoms with Crippen molar-refractivity contribution in [3.05, 3.63) is 48.2 Å². The molecule has 10 nitrogen and oxygen atoms in total. The number of benzene rings is 2. The van der Waals surface area contributed by atoms with Gasteiger partial charge in [0.15, 0.2) is 11.5 Å². The average molecular weight is 536 g/mol. The van der Waals surface area contributed by atoms with Crippen molar-refractivity contribution in [3.8, 4) is 34.3 Å². The third-order valence-electron chi connectivity index (χ3n) is 7.76. The Morgan fingerprint density at radius 2 is 1.74 bits per heavy atom. The van der Waals surface area contributed by atoms with Gasteiger partial charge in [0.2, 0.25) is 0 Å². The molecule has 3 aromatic rings. The molecule has 2 aliphatic rings. The molecule has 39 heavy (non-hydrogen) atoms. The van der Waals surface area contributed by atoms with Crippen LogP contribution in [-0.2, 0) is 0 Å². The smallest absolute Gasteiger partial charge is 0.273 e. The van der Waals surface area contributed by atoms with Gasteiger partial charge in [-0.25, -0.2) is 0 Å². The first kappa shape index (κ1) is 26.8. The zero-order chi connectivity index (χ0) is 27.5. The molecule has 0 radical (unpaired) electrons. The van der Waals surface area contributed by atoms with E-state index in [-0.39, 0.29) is 46.2 Å². The third-order valence-corrected chi connectivity index (χ3v) is 7.76. The number of likely N-dealkylation sites (tertiary alicyclic amines) is 1. The number of amides is 1. The first-order chi connectivity index (χ1) is 18.8. The second-order valence-corrected chi connectivity index (χ2v) is 10.8. The van der Waals surface area contributed by atoms with Crippen molar-refractivity contribution in [1.82, 2.24) is 15.4 Å². The highest BCUT2D eigenvalue weighted by molar-refractivity contribution is 5.93. The minimum absolute atomic E-state index is 0.0610. The normalized spacial score (nSPS) is 20.5. The summed E-state index contributed by atoms with van der Waals surface area (Å²) in [5.74, 6) is 0.0797. The molecule has 0 atom stereocenters. The van der Waals surface area contributed by atoms with E-state index in [4.69, 9.17) is 15.0 Å². The van der Waals surface area contributed by atoms with Crippen molar-refractivity contribution >= 4 is 11.6 Å². The molecular formula is C29H37N5O5. The van der Waals surface area contributed by atoms with E-state index in [1.165, 1.54) is 18.2 Å². The van der Waals surface area contributed by atoms with Gasteiger partial charge in [-0.2, -0.15) is 0 Å². The van der Waals surface area contributed by atoms with Crippen molar-refractivity contribution in [2.24, 2.45) is 5.73 Å². The Balaban J connectivity index is 1.24. The van der Waals surface area contributed by atoms with Crippen LogP contribution in [0.3, 0.4) is 0 Å². The number of aromatic hydroxyl groups is 2. The highest BCUT2D eigenvalue weighted by Crippen LogP contribution is 2.43. The quantitative estimate of drug-likeness (QED) is 0.353. The number of nitrogens with two attached hydrogens (primary N) is 1. The maximum absolute atomic E-state index is 13.0. The van der Waals surface area contributed by atoms with Crippen LogP contribution in [-0.4, -0.2) is 71.5 Å². The highest BCUT2D eigenvalue weighted by atomic mass is 16.5. The molecule has 1 aliphatic heterocycles. The number of phenols is 2. The molecule has 10 heteroatoms. The summed E-state index contributed by atoms with van der Waals surface area (Å²) in [5, 5.41) is 27.7. The minimum atomic E-state index is -0.327. The van der Waals surface area contributed by atoms with Gasteiger partial charge in [-0.05, 0) is 62.8 Å². The van der Waals surface area contributed by atoms with Gasteiger partial charge in [-0.15, -0.1) is 0 Å². The van der Waals surface area contributed by atoms with E-state index >= 15 is 0 Å². The van der Waals surface area contributed by atoms with E-state index in [1.807, 2.05) is 31.1 Å². The summed E-state index contributed by atoms with van der Waals surface area (Å²) in [5.41, 5.74) is 7.36. The van der Waals surface area contributed by atoms with E-state index in [2.05, 4.69) is 15.4 Å². The number of piperidine rings is 1. The van der Waals surface area contributed by atoms with Crippen LogP contribution in [0.15, 0.2) is 47.0 Å². The molecule has 1 aliphatic carbocycles. The molecule has 0 unspecified atom stereocenters. The van der Waals surface area contributed by atoms with E-state index < -0.39 is 0 Å². The number of nitrogens with one attached hydrogen (secondary N) is 1. The number of rotatable bonds is 7. The maximum Gasteiger partial charge on any atom is 0.273 e. The number of carbonyl (C=O) groups excluding carboxylic acids is 1.